The van der Waals surface area contributed by atoms with Gasteiger partial charge in [0, 0.05) is 5.56 Å². The van der Waals surface area contributed by atoms with E-state index >= 15 is 0 Å². The summed E-state index contributed by atoms with van der Waals surface area (Å²) in [4.78, 5) is 0. The second-order valence-electron chi connectivity index (χ2n) is 4.17. The maximum absolute atomic E-state index is 9.70. The maximum atomic E-state index is 9.70. The van der Waals surface area contributed by atoms with Gasteiger partial charge >= 0.3 is 0 Å². The van der Waals surface area contributed by atoms with E-state index in [9.17, 15) is 5.11 Å². The van der Waals surface area contributed by atoms with Gasteiger partial charge in [0.25, 0.3) is 0 Å². The standard InChI is InChI=1S/C16H11ClO/c17-16-14(9-4-10-15(16)18)13-8-3-6-11-5-1-2-7-12(11)13/h1-10,18H. The van der Waals surface area contributed by atoms with Gasteiger partial charge in [0.1, 0.15) is 5.75 Å². The first-order chi connectivity index (χ1) is 8.77. The fraction of sp³-hybridized carbons (Fsp3) is 0. The topological polar surface area (TPSA) is 20.2 Å². The van der Waals surface area contributed by atoms with Gasteiger partial charge in [0.05, 0.1) is 5.02 Å². The minimum absolute atomic E-state index is 0.113. The van der Waals surface area contributed by atoms with Crippen LogP contribution in [0.4, 0.5) is 0 Å². The summed E-state index contributed by atoms with van der Waals surface area (Å²) >= 11 is 6.18. The Morgan fingerprint density at radius 1 is 0.722 bits per heavy atom. The van der Waals surface area contributed by atoms with E-state index in [-0.39, 0.29) is 5.75 Å². The molecule has 0 heterocycles. The Balaban J connectivity index is 2.35. The molecule has 1 N–H and O–H groups in total. The lowest BCUT2D eigenvalue weighted by Crippen LogP contribution is -1.83. The molecule has 2 heteroatoms. The largest absolute Gasteiger partial charge is 0.506 e. The van der Waals surface area contributed by atoms with Crippen LogP contribution in [-0.2, 0) is 0 Å². The van der Waals surface area contributed by atoms with Gasteiger partial charge in [-0.15, -0.1) is 0 Å². The fourth-order valence-corrected chi connectivity index (χ4v) is 2.42. The quantitative estimate of drug-likeness (QED) is 0.657. The van der Waals surface area contributed by atoms with Gasteiger partial charge in [0.2, 0.25) is 0 Å². The van der Waals surface area contributed by atoms with Crippen LogP contribution in [0.3, 0.4) is 0 Å². The lowest BCUT2D eigenvalue weighted by atomic mass is 9.98. The smallest absolute Gasteiger partial charge is 0.134 e. The van der Waals surface area contributed by atoms with Crippen molar-refractivity contribution in [2.75, 3.05) is 0 Å². The first-order valence-corrected chi connectivity index (χ1v) is 6.11. The zero-order valence-corrected chi connectivity index (χ0v) is 10.4. The number of phenolic OH excluding ortho intramolecular Hbond substituents is 1. The monoisotopic (exact) mass is 254 g/mol. The van der Waals surface area contributed by atoms with Crippen LogP contribution in [0, 0.1) is 0 Å². The van der Waals surface area contributed by atoms with E-state index in [4.69, 9.17) is 11.6 Å². The zero-order valence-electron chi connectivity index (χ0n) is 9.60. The summed E-state index contributed by atoms with van der Waals surface area (Å²) in [6, 6.07) is 19.5. The summed E-state index contributed by atoms with van der Waals surface area (Å²) in [6.45, 7) is 0. The molecule has 18 heavy (non-hydrogen) atoms. The van der Waals surface area contributed by atoms with E-state index in [1.807, 2.05) is 30.3 Å². The number of benzene rings is 3. The van der Waals surface area contributed by atoms with Crippen molar-refractivity contribution in [3.05, 3.63) is 65.7 Å². The summed E-state index contributed by atoms with van der Waals surface area (Å²) < 4.78 is 0. The van der Waals surface area contributed by atoms with Crippen molar-refractivity contribution >= 4 is 22.4 Å². The summed E-state index contributed by atoms with van der Waals surface area (Å²) in [5.41, 5.74) is 1.89. The van der Waals surface area contributed by atoms with Gasteiger partial charge in [-0.1, -0.05) is 66.2 Å². The summed E-state index contributed by atoms with van der Waals surface area (Å²) in [5, 5.41) is 12.4. The van der Waals surface area contributed by atoms with E-state index < -0.39 is 0 Å². The van der Waals surface area contributed by atoms with Crippen LogP contribution in [0.5, 0.6) is 5.75 Å². The Labute approximate surface area is 110 Å². The van der Waals surface area contributed by atoms with Crippen LogP contribution >= 0.6 is 11.6 Å². The molecule has 0 atom stereocenters. The van der Waals surface area contributed by atoms with Crippen molar-refractivity contribution in [3.8, 4) is 16.9 Å². The highest BCUT2D eigenvalue weighted by Gasteiger charge is 2.09. The maximum Gasteiger partial charge on any atom is 0.134 e. The number of fused-ring (bicyclic) bond motifs is 1. The van der Waals surface area contributed by atoms with E-state index in [2.05, 4.69) is 18.2 Å². The SMILES string of the molecule is Oc1cccc(-c2cccc3ccccc23)c1Cl. The molecule has 0 amide bonds. The summed E-state index contributed by atoms with van der Waals surface area (Å²) in [7, 11) is 0. The molecule has 0 saturated carbocycles. The lowest BCUT2D eigenvalue weighted by molar-refractivity contribution is 0.476. The Morgan fingerprint density at radius 3 is 2.28 bits per heavy atom. The zero-order chi connectivity index (χ0) is 12.5. The number of hydrogen-bond donors (Lipinski definition) is 1. The predicted octanol–water partition coefficient (Wildman–Crippen LogP) is 4.87. The first kappa shape index (κ1) is 11.1. The van der Waals surface area contributed by atoms with Gasteiger partial charge in [-0.2, -0.15) is 0 Å². The van der Waals surface area contributed by atoms with E-state index in [1.54, 1.807) is 12.1 Å². The molecule has 88 valence electrons. The third-order valence-electron chi connectivity index (χ3n) is 3.06. The second-order valence-corrected chi connectivity index (χ2v) is 4.54. The Morgan fingerprint density at radius 2 is 1.39 bits per heavy atom. The van der Waals surface area contributed by atoms with Crippen LogP contribution in [0.1, 0.15) is 0 Å². The van der Waals surface area contributed by atoms with E-state index in [1.165, 1.54) is 0 Å². The van der Waals surface area contributed by atoms with Crippen LogP contribution < -0.4 is 0 Å². The number of aromatic hydroxyl groups is 1. The molecule has 0 saturated heterocycles. The highest BCUT2D eigenvalue weighted by atomic mass is 35.5. The molecule has 0 bridgehead atoms. The van der Waals surface area contributed by atoms with Gasteiger partial charge in [-0.3, -0.25) is 0 Å². The molecular formula is C16H11ClO. The normalized spacial score (nSPS) is 10.7. The van der Waals surface area contributed by atoms with Gasteiger partial charge in [-0.05, 0) is 22.4 Å². The Bertz CT molecular complexity index is 714. The number of rotatable bonds is 1. The molecule has 0 fully saturated rings. The van der Waals surface area contributed by atoms with E-state index in [0.29, 0.717) is 5.02 Å². The van der Waals surface area contributed by atoms with Crippen LogP contribution in [0.2, 0.25) is 5.02 Å². The molecule has 3 aromatic rings. The van der Waals surface area contributed by atoms with Crippen LogP contribution in [0.15, 0.2) is 60.7 Å². The molecule has 0 aliphatic carbocycles. The Hall–Kier alpha value is -1.99. The minimum Gasteiger partial charge on any atom is -0.506 e. The molecule has 0 aliphatic heterocycles. The molecule has 3 aromatic carbocycles. The molecule has 3 rings (SSSR count). The van der Waals surface area contributed by atoms with Crippen molar-refractivity contribution in [2.45, 2.75) is 0 Å². The van der Waals surface area contributed by atoms with Crippen LogP contribution in [-0.4, -0.2) is 5.11 Å². The molecule has 0 aromatic heterocycles. The molecule has 0 radical (unpaired) electrons. The minimum atomic E-state index is 0.113. The third-order valence-corrected chi connectivity index (χ3v) is 3.46. The highest BCUT2D eigenvalue weighted by Crippen LogP contribution is 2.37. The number of halogens is 1. The van der Waals surface area contributed by atoms with Crippen molar-refractivity contribution in [3.63, 3.8) is 0 Å². The predicted molar refractivity (Wildman–Crippen MR) is 76.1 cm³/mol. The lowest BCUT2D eigenvalue weighted by Gasteiger charge is -2.09. The van der Waals surface area contributed by atoms with Crippen molar-refractivity contribution in [2.24, 2.45) is 0 Å². The first-order valence-electron chi connectivity index (χ1n) is 5.73. The van der Waals surface area contributed by atoms with E-state index in [0.717, 1.165) is 21.9 Å². The molecule has 0 aliphatic rings. The average Bonchev–Trinajstić information content (AvgIpc) is 2.41. The molecule has 0 spiro atoms. The number of hydrogen-bond acceptors (Lipinski definition) is 1. The summed E-state index contributed by atoms with van der Waals surface area (Å²) in [5.74, 6) is 0.113. The van der Waals surface area contributed by atoms with Gasteiger partial charge in [0.15, 0.2) is 0 Å². The highest BCUT2D eigenvalue weighted by molar-refractivity contribution is 6.35. The molecule has 1 nitrogen and oxygen atoms in total. The van der Waals surface area contributed by atoms with Crippen molar-refractivity contribution in [1.29, 1.82) is 0 Å². The van der Waals surface area contributed by atoms with Crippen LogP contribution in [0.25, 0.3) is 21.9 Å². The third kappa shape index (κ3) is 1.73. The van der Waals surface area contributed by atoms with Crippen molar-refractivity contribution < 1.29 is 5.11 Å². The Kier molecular flexibility index (Phi) is 2.69. The summed E-state index contributed by atoms with van der Waals surface area (Å²) in [6.07, 6.45) is 0. The van der Waals surface area contributed by atoms with Crippen molar-refractivity contribution in [1.82, 2.24) is 0 Å². The van der Waals surface area contributed by atoms with Gasteiger partial charge < -0.3 is 5.11 Å². The second kappa shape index (κ2) is 4.35. The molecular weight excluding hydrogens is 244 g/mol. The number of phenols is 1. The average molecular weight is 255 g/mol. The van der Waals surface area contributed by atoms with Gasteiger partial charge in [-0.25, -0.2) is 0 Å². The molecule has 0 unspecified atom stereocenters. The fourth-order valence-electron chi connectivity index (χ4n) is 2.19.